The topological polar surface area (TPSA) is 80.1 Å². The van der Waals surface area contributed by atoms with Gasteiger partial charge in [-0.15, -0.1) is 5.10 Å². The van der Waals surface area contributed by atoms with E-state index in [4.69, 9.17) is 0 Å². The first-order chi connectivity index (χ1) is 11.0. The Balaban J connectivity index is 1.81. The number of anilines is 1. The lowest BCUT2D eigenvalue weighted by Gasteiger charge is -2.19. The van der Waals surface area contributed by atoms with Crippen LogP contribution in [0.1, 0.15) is 52.4 Å². The number of hydrogen-bond donors (Lipinski definition) is 1. The second-order valence-corrected chi connectivity index (χ2v) is 6.54. The molecule has 2 amide bonds. The quantitative estimate of drug-likeness (QED) is 0.869. The van der Waals surface area contributed by atoms with Crippen LogP contribution in [0, 0.1) is 5.92 Å². The number of carbonyl (C=O) groups is 2. The normalized spacial score (nSPS) is 15.5. The van der Waals surface area contributed by atoms with E-state index in [9.17, 15) is 9.59 Å². The molecule has 0 aliphatic carbocycles. The highest BCUT2D eigenvalue weighted by atomic mass is 16.2. The molecular formula is C16H27N5O2. The van der Waals surface area contributed by atoms with Gasteiger partial charge in [-0.2, -0.15) is 0 Å². The predicted octanol–water partition coefficient (Wildman–Crippen LogP) is 2.06. The third kappa shape index (κ3) is 6.00. The Morgan fingerprint density at radius 3 is 2.57 bits per heavy atom. The molecule has 0 atom stereocenters. The van der Waals surface area contributed by atoms with Gasteiger partial charge in [0.25, 0.3) is 0 Å². The third-order valence-electron chi connectivity index (χ3n) is 3.99. The van der Waals surface area contributed by atoms with E-state index >= 15 is 0 Å². The van der Waals surface area contributed by atoms with E-state index in [-0.39, 0.29) is 24.3 Å². The maximum atomic E-state index is 12.3. The summed E-state index contributed by atoms with van der Waals surface area (Å²) in [5.41, 5.74) is 0. The Morgan fingerprint density at radius 2 is 1.91 bits per heavy atom. The lowest BCUT2D eigenvalue weighted by Crippen LogP contribution is -2.34. The number of hydrogen-bond acceptors (Lipinski definition) is 4. The van der Waals surface area contributed by atoms with E-state index in [0.29, 0.717) is 12.3 Å². The number of rotatable bonds is 6. The summed E-state index contributed by atoms with van der Waals surface area (Å²) < 4.78 is 1.49. The standard InChI is InChI=1S/C16H27N5O2/c1-13(2)7-8-14(22)18-16-17-12-21(19-16)11-15(23)20-9-5-3-4-6-10-20/h12-13H,3-11H2,1-2H3,(H,18,19,22). The average Bonchev–Trinajstić information content (AvgIpc) is 2.77. The van der Waals surface area contributed by atoms with Gasteiger partial charge in [0.15, 0.2) is 0 Å². The molecule has 1 aromatic rings. The molecule has 7 nitrogen and oxygen atoms in total. The van der Waals surface area contributed by atoms with Crippen molar-refractivity contribution in [1.29, 1.82) is 0 Å². The Kier molecular flexibility index (Phi) is 6.55. The van der Waals surface area contributed by atoms with Crippen LogP contribution in [0.5, 0.6) is 0 Å². The van der Waals surface area contributed by atoms with Crippen LogP contribution in [0.25, 0.3) is 0 Å². The van der Waals surface area contributed by atoms with Gasteiger partial charge >= 0.3 is 0 Å². The van der Waals surface area contributed by atoms with Crippen LogP contribution in [0.4, 0.5) is 5.95 Å². The first-order valence-corrected chi connectivity index (χ1v) is 8.51. The summed E-state index contributed by atoms with van der Waals surface area (Å²) in [5.74, 6) is 0.727. The van der Waals surface area contributed by atoms with Crippen LogP contribution >= 0.6 is 0 Å². The zero-order valence-corrected chi connectivity index (χ0v) is 14.1. The summed E-state index contributed by atoms with van der Waals surface area (Å²) in [6.07, 6.45) is 7.31. The maximum Gasteiger partial charge on any atom is 0.248 e. The molecule has 0 aromatic carbocycles. The maximum absolute atomic E-state index is 12.3. The van der Waals surface area contributed by atoms with Crippen molar-refractivity contribution < 1.29 is 9.59 Å². The molecule has 1 aromatic heterocycles. The van der Waals surface area contributed by atoms with E-state index in [1.807, 2.05) is 4.90 Å². The van der Waals surface area contributed by atoms with Gasteiger partial charge in [0.2, 0.25) is 17.8 Å². The van der Waals surface area contributed by atoms with Gasteiger partial charge in [-0.3, -0.25) is 14.9 Å². The predicted molar refractivity (Wildman–Crippen MR) is 87.8 cm³/mol. The van der Waals surface area contributed by atoms with Crippen LogP contribution in [-0.4, -0.2) is 44.6 Å². The van der Waals surface area contributed by atoms with Crippen LogP contribution < -0.4 is 5.32 Å². The number of carbonyl (C=O) groups excluding carboxylic acids is 2. The smallest absolute Gasteiger partial charge is 0.248 e. The number of aromatic nitrogens is 3. The van der Waals surface area contributed by atoms with Crippen molar-refractivity contribution in [2.24, 2.45) is 5.92 Å². The molecule has 23 heavy (non-hydrogen) atoms. The van der Waals surface area contributed by atoms with E-state index in [1.165, 1.54) is 23.9 Å². The third-order valence-corrected chi connectivity index (χ3v) is 3.99. The first-order valence-electron chi connectivity index (χ1n) is 8.51. The summed E-state index contributed by atoms with van der Waals surface area (Å²) in [4.78, 5) is 30.0. The molecule has 1 fully saturated rings. The number of likely N-dealkylation sites (tertiary alicyclic amines) is 1. The van der Waals surface area contributed by atoms with Crippen molar-refractivity contribution >= 4 is 17.8 Å². The Morgan fingerprint density at radius 1 is 1.22 bits per heavy atom. The minimum atomic E-state index is -0.0877. The van der Waals surface area contributed by atoms with E-state index in [1.54, 1.807) is 0 Å². The molecule has 0 radical (unpaired) electrons. The summed E-state index contributed by atoms with van der Waals surface area (Å²) in [6.45, 7) is 5.98. The van der Waals surface area contributed by atoms with Gasteiger partial charge in [-0.1, -0.05) is 26.7 Å². The molecule has 2 heterocycles. The number of nitrogens with one attached hydrogen (secondary N) is 1. The zero-order valence-electron chi connectivity index (χ0n) is 14.1. The fourth-order valence-electron chi connectivity index (χ4n) is 2.59. The van der Waals surface area contributed by atoms with Crippen molar-refractivity contribution in [3.8, 4) is 0 Å². The van der Waals surface area contributed by atoms with Crippen LogP contribution in [-0.2, 0) is 16.1 Å². The molecule has 128 valence electrons. The van der Waals surface area contributed by atoms with Gasteiger partial charge in [0.05, 0.1) is 0 Å². The molecule has 1 aliphatic rings. The van der Waals surface area contributed by atoms with E-state index < -0.39 is 0 Å². The Bertz CT molecular complexity index is 518. The lowest BCUT2D eigenvalue weighted by molar-refractivity contribution is -0.132. The molecule has 1 saturated heterocycles. The summed E-state index contributed by atoms with van der Waals surface area (Å²) >= 11 is 0. The summed E-state index contributed by atoms with van der Waals surface area (Å²) in [6, 6.07) is 0. The SMILES string of the molecule is CC(C)CCC(=O)Nc1ncn(CC(=O)N2CCCCCC2)n1. The van der Waals surface area contributed by atoms with Crippen LogP contribution in [0.3, 0.4) is 0 Å². The second kappa shape index (κ2) is 8.64. The van der Waals surface area contributed by atoms with Gasteiger partial charge < -0.3 is 4.90 Å². The molecule has 0 unspecified atom stereocenters. The Labute approximate surface area is 137 Å². The largest absolute Gasteiger partial charge is 0.341 e. The number of nitrogens with zero attached hydrogens (tertiary/aromatic N) is 4. The van der Waals surface area contributed by atoms with Crippen molar-refractivity contribution in [2.45, 2.75) is 58.9 Å². The molecule has 7 heteroatoms. The van der Waals surface area contributed by atoms with E-state index in [0.717, 1.165) is 32.4 Å². The molecule has 1 aliphatic heterocycles. The van der Waals surface area contributed by atoms with Crippen molar-refractivity contribution in [3.05, 3.63) is 6.33 Å². The summed E-state index contributed by atoms with van der Waals surface area (Å²) in [7, 11) is 0. The average molecular weight is 321 g/mol. The van der Waals surface area contributed by atoms with Gasteiger partial charge in [0.1, 0.15) is 12.9 Å². The molecule has 0 saturated carbocycles. The minimum Gasteiger partial charge on any atom is -0.341 e. The fraction of sp³-hybridized carbons (Fsp3) is 0.750. The second-order valence-electron chi connectivity index (χ2n) is 6.54. The highest BCUT2D eigenvalue weighted by molar-refractivity contribution is 5.88. The summed E-state index contributed by atoms with van der Waals surface area (Å²) in [5, 5.41) is 6.84. The van der Waals surface area contributed by atoms with Gasteiger partial charge in [0, 0.05) is 19.5 Å². The van der Waals surface area contributed by atoms with Crippen LogP contribution in [0.15, 0.2) is 6.33 Å². The lowest BCUT2D eigenvalue weighted by atomic mass is 10.1. The number of amides is 2. The monoisotopic (exact) mass is 321 g/mol. The van der Waals surface area contributed by atoms with Crippen molar-refractivity contribution in [1.82, 2.24) is 19.7 Å². The van der Waals surface area contributed by atoms with Crippen LogP contribution in [0.2, 0.25) is 0 Å². The molecule has 2 rings (SSSR count). The first kappa shape index (κ1) is 17.4. The molecular weight excluding hydrogens is 294 g/mol. The highest BCUT2D eigenvalue weighted by Crippen LogP contribution is 2.10. The molecule has 0 bridgehead atoms. The zero-order chi connectivity index (χ0) is 16.7. The fourth-order valence-corrected chi connectivity index (χ4v) is 2.59. The van der Waals surface area contributed by atoms with E-state index in [2.05, 4.69) is 29.2 Å². The van der Waals surface area contributed by atoms with Crippen molar-refractivity contribution in [2.75, 3.05) is 18.4 Å². The Hall–Kier alpha value is -1.92. The molecule has 1 N–H and O–H groups in total. The molecule has 0 spiro atoms. The minimum absolute atomic E-state index is 0.0643. The van der Waals surface area contributed by atoms with Gasteiger partial charge in [-0.25, -0.2) is 9.67 Å². The van der Waals surface area contributed by atoms with Crippen molar-refractivity contribution in [3.63, 3.8) is 0 Å². The highest BCUT2D eigenvalue weighted by Gasteiger charge is 2.16. The van der Waals surface area contributed by atoms with Gasteiger partial charge in [-0.05, 0) is 25.2 Å².